The van der Waals surface area contributed by atoms with Crippen molar-refractivity contribution in [1.82, 2.24) is 19.5 Å². The molecule has 4 aromatic rings. The number of anilines is 1. The SMILES string of the molecule is Nc1nc(COC(=O)c2cncn2-c2ccc(F)cc2)nc2ccccc12. The summed E-state index contributed by atoms with van der Waals surface area (Å²) in [6, 6.07) is 13.0. The molecular weight excluding hydrogens is 349 g/mol. The molecule has 2 aromatic heterocycles. The number of ether oxygens (including phenoxy) is 1. The average molecular weight is 363 g/mol. The third-order valence-electron chi connectivity index (χ3n) is 3.96. The molecule has 0 spiro atoms. The van der Waals surface area contributed by atoms with E-state index < -0.39 is 5.97 Å². The summed E-state index contributed by atoms with van der Waals surface area (Å²) in [5.41, 5.74) is 7.40. The fourth-order valence-electron chi connectivity index (χ4n) is 2.67. The number of aromatic nitrogens is 4. The molecule has 0 radical (unpaired) electrons. The Morgan fingerprint density at radius 3 is 2.70 bits per heavy atom. The summed E-state index contributed by atoms with van der Waals surface area (Å²) in [4.78, 5) is 24.9. The Hall–Kier alpha value is -3.81. The Labute approximate surface area is 153 Å². The van der Waals surface area contributed by atoms with Gasteiger partial charge in [-0.05, 0) is 36.4 Å². The lowest BCUT2D eigenvalue weighted by molar-refractivity contribution is 0.0453. The van der Waals surface area contributed by atoms with Crippen LogP contribution in [0.25, 0.3) is 16.6 Å². The van der Waals surface area contributed by atoms with E-state index in [0.717, 1.165) is 5.39 Å². The number of para-hydroxylation sites is 1. The van der Waals surface area contributed by atoms with Crippen molar-refractivity contribution in [2.24, 2.45) is 0 Å². The number of carbonyl (C=O) groups excluding carboxylic acids is 1. The topological polar surface area (TPSA) is 95.9 Å². The number of hydrogen-bond donors (Lipinski definition) is 1. The number of halogens is 1. The van der Waals surface area contributed by atoms with E-state index in [0.29, 0.717) is 22.8 Å². The molecule has 134 valence electrons. The van der Waals surface area contributed by atoms with Crippen LogP contribution in [0.1, 0.15) is 16.3 Å². The summed E-state index contributed by atoms with van der Waals surface area (Å²) >= 11 is 0. The normalized spacial score (nSPS) is 10.9. The number of carbonyl (C=O) groups is 1. The van der Waals surface area contributed by atoms with Crippen LogP contribution in [-0.2, 0) is 11.3 Å². The zero-order valence-corrected chi connectivity index (χ0v) is 14.0. The van der Waals surface area contributed by atoms with E-state index >= 15 is 0 Å². The second kappa shape index (κ2) is 6.83. The number of benzene rings is 2. The number of rotatable bonds is 4. The number of hydrogen-bond acceptors (Lipinski definition) is 6. The van der Waals surface area contributed by atoms with Gasteiger partial charge < -0.3 is 10.5 Å². The van der Waals surface area contributed by atoms with Gasteiger partial charge in [0.15, 0.2) is 18.1 Å². The molecule has 0 aliphatic carbocycles. The second-order valence-electron chi connectivity index (χ2n) is 5.74. The Kier molecular flexibility index (Phi) is 4.21. The standard InChI is InChI=1S/C19H14FN5O2/c20-12-5-7-13(8-6-12)25-11-22-9-16(25)19(26)27-10-17-23-15-4-2-1-3-14(15)18(21)24-17/h1-9,11H,10H2,(H2,21,23,24). The third kappa shape index (κ3) is 3.32. The lowest BCUT2D eigenvalue weighted by atomic mass is 10.2. The van der Waals surface area contributed by atoms with Crippen LogP contribution in [0.3, 0.4) is 0 Å². The Morgan fingerprint density at radius 2 is 1.89 bits per heavy atom. The second-order valence-corrected chi connectivity index (χ2v) is 5.74. The first kappa shape index (κ1) is 16.6. The number of esters is 1. The number of nitrogens with two attached hydrogens (primary N) is 1. The van der Waals surface area contributed by atoms with Crippen LogP contribution < -0.4 is 5.73 Å². The van der Waals surface area contributed by atoms with Gasteiger partial charge in [0.05, 0.1) is 18.0 Å². The van der Waals surface area contributed by atoms with Crippen LogP contribution in [0, 0.1) is 5.82 Å². The van der Waals surface area contributed by atoms with Crippen LogP contribution in [0.4, 0.5) is 10.2 Å². The van der Waals surface area contributed by atoms with Crippen LogP contribution in [0.5, 0.6) is 0 Å². The van der Waals surface area contributed by atoms with Gasteiger partial charge in [0.25, 0.3) is 0 Å². The van der Waals surface area contributed by atoms with Gasteiger partial charge in [0.2, 0.25) is 0 Å². The minimum atomic E-state index is -0.604. The number of fused-ring (bicyclic) bond motifs is 1. The van der Waals surface area contributed by atoms with Crippen LogP contribution in [0.15, 0.2) is 61.1 Å². The van der Waals surface area contributed by atoms with Crippen molar-refractivity contribution in [1.29, 1.82) is 0 Å². The molecule has 2 N–H and O–H groups in total. The van der Waals surface area contributed by atoms with E-state index in [2.05, 4.69) is 15.0 Å². The van der Waals surface area contributed by atoms with Crippen molar-refractivity contribution in [3.63, 3.8) is 0 Å². The molecule has 0 saturated carbocycles. The van der Waals surface area contributed by atoms with Crippen molar-refractivity contribution in [2.45, 2.75) is 6.61 Å². The van der Waals surface area contributed by atoms with Gasteiger partial charge in [-0.15, -0.1) is 0 Å². The molecule has 0 atom stereocenters. The fraction of sp³-hybridized carbons (Fsp3) is 0.0526. The predicted octanol–water partition coefficient (Wildman–Crippen LogP) is 2.89. The first-order chi connectivity index (χ1) is 13.1. The van der Waals surface area contributed by atoms with Gasteiger partial charge in [0, 0.05) is 11.1 Å². The maximum absolute atomic E-state index is 13.1. The molecule has 8 heteroatoms. The molecule has 0 aliphatic rings. The highest BCUT2D eigenvalue weighted by molar-refractivity contribution is 5.89. The van der Waals surface area contributed by atoms with Gasteiger partial charge in [-0.1, -0.05) is 12.1 Å². The minimum absolute atomic E-state index is 0.136. The quantitative estimate of drug-likeness (QED) is 0.560. The average Bonchev–Trinajstić information content (AvgIpc) is 3.17. The lowest BCUT2D eigenvalue weighted by Gasteiger charge is -2.09. The van der Waals surface area contributed by atoms with E-state index in [1.165, 1.54) is 29.2 Å². The Morgan fingerprint density at radius 1 is 1.11 bits per heavy atom. The zero-order valence-electron chi connectivity index (χ0n) is 14.0. The number of nitrogen functional groups attached to an aromatic ring is 1. The van der Waals surface area contributed by atoms with Crippen molar-refractivity contribution >= 4 is 22.7 Å². The summed E-state index contributed by atoms with van der Waals surface area (Å²) in [5.74, 6) is -0.350. The van der Waals surface area contributed by atoms with Crippen LogP contribution >= 0.6 is 0 Å². The van der Waals surface area contributed by atoms with Crippen molar-refractivity contribution < 1.29 is 13.9 Å². The van der Waals surface area contributed by atoms with Gasteiger partial charge in [-0.2, -0.15) is 0 Å². The van der Waals surface area contributed by atoms with Crippen molar-refractivity contribution in [2.75, 3.05) is 5.73 Å². The predicted molar refractivity (Wildman–Crippen MR) is 96.6 cm³/mol. The summed E-state index contributed by atoms with van der Waals surface area (Å²) in [6.07, 6.45) is 2.83. The first-order valence-electron chi connectivity index (χ1n) is 8.08. The van der Waals surface area contributed by atoms with E-state index in [-0.39, 0.29) is 18.1 Å². The Balaban J connectivity index is 1.54. The summed E-state index contributed by atoms with van der Waals surface area (Å²) in [6.45, 7) is -0.136. The maximum atomic E-state index is 13.1. The zero-order chi connectivity index (χ0) is 18.8. The molecule has 2 heterocycles. The molecular formula is C19H14FN5O2. The van der Waals surface area contributed by atoms with Crippen LogP contribution in [-0.4, -0.2) is 25.5 Å². The lowest BCUT2D eigenvalue weighted by Crippen LogP contribution is -2.12. The molecule has 0 unspecified atom stereocenters. The minimum Gasteiger partial charge on any atom is -0.453 e. The van der Waals surface area contributed by atoms with Gasteiger partial charge in [0.1, 0.15) is 11.6 Å². The summed E-state index contributed by atoms with van der Waals surface area (Å²) < 4.78 is 19.9. The summed E-state index contributed by atoms with van der Waals surface area (Å²) in [7, 11) is 0. The molecule has 0 amide bonds. The number of imidazole rings is 1. The molecule has 0 saturated heterocycles. The molecule has 2 aromatic carbocycles. The highest BCUT2D eigenvalue weighted by Gasteiger charge is 2.16. The molecule has 4 rings (SSSR count). The number of nitrogens with zero attached hydrogens (tertiary/aromatic N) is 4. The monoisotopic (exact) mass is 363 g/mol. The van der Waals surface area contributed by atoms with Crippen molar-refractivity contribution in [3.05, 3.63) is 78.4 Å². The van der Waals surface area contributed by atoms with Crippen LogP contribution in [0.2, 0.25) is 0 Å². The molecule has 27 heavy (non-hydrogen) atoms. The third-order valence-corrected chi connectivity index (χ3v) is 3.96. The first-order valence-corrected chi connectivity index (χ1v) is 8.08. The van der Waals surface area contributed by atoms with E-state index in [4.69, 9.17) is 10.5 Å². The highest BCUT2D eigenvalue weighted by Crippen LogP contribution is 2.18. The highest BCUT2D eigenvalue weighted by atomic mass is 19.1. The molecule has 0 aliphatic heterocycles. The smallest absolute Gasteiger partial charge is 0.357 e. The van der Waals surface area contributed by atoms with E-state index in [9.17, 15) is 9.18 Å². The maximum Gasteiger partial charge on any atom is 0.357 e. The molecule has 0 bridgehead atoms. The van der Waals surface area contributed by atoms with Gasteiger partial charge in [-0.3, -0.25) is 4.57 Å². The fourth-order valence-corrected chi connectivity index (χ4v) is 2.67. The van der Waals surface area contributed by atoms with E-state index in [1.54, 1.807) is 12.1 Å². The largest absolute Gasteiger partial charge is 0.453 e. The van der Waals surface area contributed by atoms with Gasteiger partial charge >= 0.3 is 5.97 Å². The molecule has 7 nitrogen and oxygen atoms in total. The summed E-state index contributed by atoms with van der Waals surface area (Å²) in [5, 5.41) is 0.738. The Bertz CT molecular complexity index is 1120. The van der Waals surface area contributed by atoms with E-state index in [1.807, 2.05) is 24.3 Å². The molecule has 0 fully saturated rings. The van der Waals surface area contributed by atoms with Crippen molar-refractivity contribution in [3.8, 4) is 5.69 Å². The van der Waals surface area contributed by atoms with Gasteiger partial charge in [-0.25, -0.2) is 24.1 Å².